The molecule has 0 saturated heterocycles. The fourth-order valence-electron chi connectivity index (χ4n) is 1.44. The molecule has 1 rings (SSSR count). The summed E-state index contributed by atoms with van der Waals surface area (Å²) in [5, 5.41) is 16.1. The van der Waals surface area contributed by atoms with Crippen molar-refractivity contribution >= 4 is 17.4 Å². The monoisotopic (exact) mass is 273 g/mol. The Balaban J connectivity index is 2.43. The molecule has 1 heterocycles. The minimum atomic E-state index is -0.556. The molecule has 2 N–H and O–H groups in total. The van der Waals surface area contributed by atoms with Gasteiger partial charge in [-0.05, 0) is 23.9 Å². The van der Waals surface area contributed by atoms with Crippen molar-refractivity contribution in [1.29, 1.82) is 0 Å². The van der Waals surface area contributed by atoms with Gasteiger partial charge in [-0.2, -0.15) is 0 Å². The molecule has 1 unspecified atom stereocenters. The van der Waals surface area contributed by atoms with E-state index in [2.05, 4.69) is 14.9 Å². The van der Waals surface area contributed by atoms with Gasteiger partial charge in [0.25, 0.3) is 5.91 Å². The lowest BCUT2D eigenvalue weighted by molar-refractivity contribution is 0.0588. The van der Waals surface area contributed by atoms with Gasteiger partial charge in [-0.3, -0.25) is 4.79 Å². The summed E-state index contributed by atoms with van der Waals surface area (Å²) in [6.45, 7) is 4.61. The Kier molecular flexibility index (Phi) is 6.17. The van der Waals surface area contributed by atoms with Gasteiger partial charge in [0, 0.05) is 13.7 Å². The molecular weight excluding hydrogens is 254 g/mol. The van der Waals surface area contributed by atoms with Crippen molar-refractivity contribution in [1.82, 2.24) is 14.9 Å². The Labute approximate surface area is 111 Å². The number of nitrogens with one attached hydrogen (secondary N) is 1. The highest BCUT2D eigenvalue weighted by molar-refractivity contribution is 7.08. The quantitative estimate of drug-likeness (QED) is 0.767. The second-order valence-electron chi connectivity index (χ2n) is 4.30. The maximum absolute atomic E-state index is 11.9. The van der Waals surface area contributed by atoms with Crippen LogP contribution in [0.25, 0.3) is 0 Å². The number of aliphatic hydroxyl groups is 1. The third kappa shape index (κ3) is 4.32. The van der Waals surface area contributed by atoms with Crippen LogP contribution >= 0.6 is 11.5 Å². The van der Waals surface area contributed by atoms with E-state index in [1.54, 1.807) is 0 Å². The molecule has 18 heavy (non-hydrogen) atoms. The lowest BCUT2D eigenvalue weighted by atomic mass is 10.1. The third-order valence-corrected chi connectivity index (χ3v) is 3.13. The fraction of sp³-hybridized carbons (Fsp3) is 0.727. The van der Waals surface area contributed by atoms with E-state index >= 15 is 0 Å². The molecule has 0 aliphatic rings. The molecule has 1 atom stereocenters. The standard InChI is InChI=1S/C11H19N3O3S/c1-7(2)9-10(18-14-13-9)11(16)12-5-4-8(15)6-17-3/h7-8,15H,4-6H2,1-3H3,(H,12,16). The summed E-state index contributed by atoms with van der Waals surface area (Å²) in [4.78, 5) is 12.4. The van der Waals surface area contributed by atoms with Crippen molar-refractivity contribution in [3.8, 4) is 0 Å². The molecule has 0 aliphatic heterocycles. The molecule has 0 aliphatic carbocycles. The summed E-state index contributed by atoms with van der Waals surface area (Å²) in [5.74, 6) is -0.0121. The van der Waals surface area contributed by atoms with Crippen molar-refractivity contribution in [3.63, 3.8) is 0 Å². The maximum atomic E-state index is 11.9. The molecule has 1 amide bonds. The molecule has 1 aromatic heterocycles. The van der Waals surface area contributed by atoms with Crippen LogP contribution in [0.15, 0.2) is 0 Å². The highest BCUT2D eigenvalue weighted by Gasteiger charge is 2.18. The van der Waals surface area contributed by atoms with Crippen LogP contribution in [0, 0.1) is 0 Å². The molecule has 7 heteroatoms. The fourth-order valence-corrected chi connectivity index (χ4v) is 2.18. The number of nitrogens with zero attached hydrogens (tertiary/aromatic N) is 2. The van der Waals surface area contributed by atoms with E-state index in [1.807, 2.05) is 13.8 Å². The van der Waals surface area contributed by atoms with Crippen molar-refractivity contribution in [3.05, 3.63) is 10.6 Å². The van der Waals surface area contributed by atoms with E-state index in [0.29, 0.717) is 17.8 Å². The van der Waals surface area contributed by atoms with Crippen molar-refractivity contribution < 1.29 is 14.6 Å². The Bertz CT molecular complexity index is 381. The number of hydrogen-bond acceptors (Lipinski definition) is 6. The van der Waals surface area contributed by atoms with E-state index < -0.39 is 6.10 Å². The Morgan fingerprint density at radius 1 is 1.56 bits per heavy atom. The Morgan fingerprint density at radius 2 is 2.28 bits per heavy atom. The third-order valence-electron chi connectivity index (χ3n) is 2.39. The predicted octanol–water partition coefficient (Wildman–Crippen LogP) is 0.789. The van der Waals surface area contributed by atoms with Crippen molar-refractivity contribution in [2.45, 2.75) is 32.3 Å². The number of hydrogen-bond donors (Lipinski definition) is 2. The normalized spacial score (nSPS) is 12.7. The highest BCUT2D eigenvalue weighted by Crippen LogP contribution is 2.19. The number of ether oxygens (including phenoxy) is 1. The van der Waals surface area contributed by atoms with Gasteiger partial charge in [0.2, 0.25) is 0 Å². The van der Waals surface area contributed by atoms with Gasteiger partial charge in [-0.15, -0.1) is 5.10 Å². The van der Waals surface area contributed by atoms with Crippen LogP contribution < -0.4 is 5.32 Å². The smallest absolute Gasteiger partial charge is 0.264 e. The number of carbonyl (C=O) groups is 1. The average molecular weight is 273 g/mol. The van der Waals surface area contributed by atoms with Gasteiger partial charge < -0.3 is 15.2 Å². The molecule has 6 nitrogen and oxygen atoms in total. The summed E-state index contributed by atoms with van der Waals surface area (Å²) in [6, 6.07) is 0. The van der Waals surface area contributed by atoms with Crippen LogP contribution in [0.5, 0.6) is 0 Å². The van der Waals surface area contributed by atoms with E-state index in [9.17, 15) is 9.90 Å². The minimum absolute atomic E-state index is 0.170. The molecule has 0 spiro atoms. The first kappa shape index (κ1) is 15.0. The lowest BCUT2D eigenvalue weighted by Crippen LogP contribution is -2.28. The maximum Gasteiger partial charge on any atom is 0.264 e. The Hall–Kier alpha value is -1.05. The first-order valence-electron chi connectivity index (χ1n) is 5.83. The molecule has 0 aromatic carbocycles. The van der Waals surface area contributed by atoms with Crippen LogP contribution in [0.2, 0.25) is 0 Å². The number of rotatable bonds is 7. The summed E-state index contributed by atoms with van der Waals surface area (Å²) in [6.07, 6.45) is -0.0949. The first-order valence-corrected chi connectivity index (χ1v) is 6.61. The van der Waals surface area contributed by atoms with Gasteiger partial charge in [0.05, 0.1) is 18.4 Å². The van der Waals surface area contributed by atoms with E-state index in [4.69, 9.17) is 4.74 Å². The molecule has 102 valence electrons. The van der Waals surface area contributed by atoms with E-state index in [0.717, 1.165) is 17.2 Å². The lowest BCUT2D eigenvalue weighted by Gasteiger charge is -2.10. The Morgan fingerprint density at radius 3 is 2.89 bits per heavy atom. The highest BCUT2D eigenvalue weighted by atomic mass is 32.1. The first-order chi connectivity index (χ1) is 8.56. The van der Waals surface area contributed by atoms with Crippen LogP contribution in [-0.2, 0) is 4.74 Å². The van der Waals surface area contributed by atoms with Crippen LogP contribution in [0.1, 0.15) is 41.6 Å². The number of amides is 1. The van der Waals surface area contributed by atoms with Gasteiger partial charge in [0.1, 0.15) is 4.88 Å². The summed E-state index contributed by atoms with van der Waals surface area (Å²) < 4.78 is 8.60. The summed E-state index contributed by atoms with van der Waals surface area (Å²) in [5.41, 5.74) is 0.718. The second kappa shape index (κ2) is 7.40. The van der Waals surface area contributed by atoms with Gasteiger partial charge >= 0.3 is 0 Å². The van der Waals surface area contributed by atoms with E-state index in [1.165, 1.54) is 7.11 Å². The SMILES string of the molecule is COCC(O)CCNC(=O)c1snnc1C(C)C. The predicted molar refractivity (Wildman–Crippen MR) is 68.8 cm³/mol. The zero-order valence-electron chi connectivity index (χ0n) is 10.8. The van der Waals surface area contributed by atoms with Crippen molar-refractivity contribution in [2.24, 2.45) is 0 Å². The van der Waals surface area contributed by atoms with Gasteiger partial charge in [-0.25, -0.2) is 0 Å². The number of aliphatic hydroxyl groups excluding tert-OH is 1. The second-order valence-corrected chi connectivity index (χ2v) is 5.05. The van der Waals surface area contributed by atoms with Crippen LogP contribution in [-0.4, -0.2) is 47.0 Å². The summed E-state index contributed by atoms with van der Waals surface area (Å²) in [7, 11) is 1.53. The number of carbonyl (C=O) groups excluding carboxylic acids is 1. The number of methoxy groups -OCH3 is 1. The zero-order valence-corrected chi connectivity index (χ0v) is 11.7. The van der Waals surface area contributed by atoms with Crippen LogP contribution in [0.4, 0.5) is 0 Å². The summed E-state index contributed by atoms with van der Waals surface area (Å²) >= 11 is 1.09. The van der Waals surface area contributed by atoms with Gasteiger partial charge in [-0.1, -0.05) is 18.3 Å². The molecule has 0 bridgehead atoms. The topological polar surface area (TPSA) is 84.3 Å². The molecular formula is C11H19N3O3S. The molecule has 0 fully saturated rings. The van der Waals surface area contributed by atoms with Crippen molar-refractivity contribution in [2.75, 3.05) is 20.3 Å². The zero-order chi connectivity index (χ0) is 13.5. The average Bonchev–Trinajstić information content (AvgIpc) is 2.78. The molecule has 0 radical (unpaired) electrons. The minimum Gasteiger partial charge on any atom is -0.391 e. The van der Waals surface area contributed by atoms with Gasteiger partial charge in [0.15, 0.2) is 0 Å². The number of aromatic nitrogens is 2. The molecule has 0 saturated carbocycles. The molecule has 1 aromatic rings. The van der Waals surface area contributed by atoms with E-state index in [-0.39, 0.29) is 18.4 Å². The van der Waals surface area contributed by atoms with Crippen LogP contribution in [0.3, 0.4) is 0 Å². The largest absolute Gasteiger partial charge is 0.391 e.